The SMILES string of the molecule is COC(=O)C1CC2CCCCC2N1C(=O)c1occc1C. The summed E-state index contributed by atoms with van der Waals surface area (Å²) in [6.45, 7) is 1.85. The van der Waals surface area contributed by atoms with E-state index in [0.29, 0.717) is 18.1 Å². The summed E-state index contributed by atoms with van der Waals surface area (Å²) in [5, 5.41) is 0. The fourth-order valence-electron chi connectivity index (χ4n) is 3.81. The van der Waals surface area contributed by atoms with Crippen molar-refractivity contribution >= 4 is 11.9 Å². The number of furan rings is 1. The lowest BCUT2D eigenvalue weighted by Crippen LogP contribution is -2.46. The van der Waals surface area contributed by atoms with Crippen LogP contribution >= 0.6 is 0 Å². The molecule has 1 aliphatic carbocycles. The zero-order chi connectivity index (χ0) is 15.0. The molecule has 1 aliphatic heterocycles. The van der Waals surface area contributed by atoms with Gasteiger partial charge in [-0.25, -0.2) is 4.79 Å². The third kappa shape index (κ3) is 2.34. The van der Waals surface area contributed by atoms with Crippen molar-refractivity contribution in [3.63, 3.8) is 0 Å². The molecule has 0 bridgehead atoms. The number of amides is 1. The van der Waals surface area contributed by atoms with Gasteiger partial charge in [0, 0.05) is 11.6 Å². The third-order valence-corrected chi connectivity index (χ3v) is 4.85. The van der Waals surface area contributed by atoms with Crippen LogP contribution in [0.2, 0.25) is 0 Å². The molecule has 1 aromatic heterocycles. The van der Waals surface area contributed by atoms with E-state index in [1.807, 2.05) is 6.92 Å². The maximum absolute atomic E-state index is 12.8. The van der Waals surface area contributed by atoms with Crippen LogP contribution in [0.25, 0.3) is 0 Å². The number of aryl methyl sites for hydroxylation is 1. The van der Waals surface area contributed by atoms with E-state index in [2.05, 4.69) is 0 Å². The number of hydrogen-bond acceptors (Lipinski definition) is 4. The van der Waals surface area contributed by atoms with Crippen LogP contribution in [0.4, 0.5) is 0 Å². The summed E-state index contributed by atoms with van der Waals surface area (Å²) in [5.74, 6) is 0.251. The van der Waals surface area contributed by atoms with Gasteiger partial charge in [0.1, 0.15) is 6.04 Å². The summed E-state index contributed by atoms with van der Waals surface area (Å²) in [4.78, 5) is 26.6. The van der Waals surface area contributed by atoms with Gasteiger partial charge in [-0.3, -0.25) is 4.79 Å². The summed E-state index contributed by atoms with van der Waals surface area (Å²) in [5.41, 5.74) is 0.808. The van der Waals surface area contributed by atoms with Crippen molar-refractivity contribution in [1.82, 2.24) is 4.90 Å². The van der Waals surface area contributed by atoms with Gasteiger partial charge in [0.15, 0.2) is 5.76 Å². The van der Waals surface area contributed by atoms with Gasteiger partial charge >= 0.3 is 5.97 Å². The summed E-state index contributed by atoms with van der Waals surface area (Å²) in [7, 11) is 1.38. The molecule has 3 unspecified atom stereocenters. The first-order valence-corrected chi connectivity index (χ1v) is 7.58. The van der Waals surface area contributed by atoms with E-state index in [1.54, 1.807) is 11.0 Å². The van der Waals surface area contributed by atoms with E-state index in [0.717, 1.165) is 24.8 Å². The van der Waals surface area contributed by atoms with Crippen molar-refractivity contribution < 1.29 is 18.7 Å². The Bertz CT molecular complexity index is 550. The van der Waals surface area contributed by atoms with E-state index in [-0.39, 0.29) is 17.9 Å². The minimum Gasteiger partial charge on any atom is -0.467 e. The molecule has 3 rings (SSSR count). The van der Waals surface area contributed by atoms with Crippen molar-refractivity contribution in [3.05, 3.63) is 23.7 Å². The number of fused-ring (bicyclic) bond motifs is 1. The molecule has 1 saturated heterocycles. The lowest BCUT2D eigenvalue weighted by atomic mass is 9.84. The molecule has 114 valence electrons. The Labute approximate surface area is 124 Å². The Balaban J connectivity index is 1.93. The monoisotopic (exact) mass is 291 g/mol. The molecule has 1 aromatic rings. The number of nitrogens with zero attached hydrogens (tertiary/aromatic N) is 1. The number of hydrogen-bond donors (Lipinski definition) is 0. The number of rotatable bonds is 2. The molecule has 0 N–H and O–H groups in total. The van der Waals surface area contributed by atoms with Crippen molar-refractivity contribution in [2.24, 2.45) is 5.92 Å². The second kappa shape index (κ2) is 5.54. The zero-order valence-electron chi connectivity index (χ0n) is 12.5. The molecule has 1 saturated carbocycles. The molecule has 0 aromatic carbocycles. The summed E-state index contributed by atoms with van der Waals surface area (Å²) in [6, 6.07) is 1.44. The van der Waals surface area contributed by atoms with Crippen LogP contribution in [-0.2, 0) is 9.53 Å². The lowest BCUT2D eigenvalue weighted by molar-refractivity contribution is -0.145. The zero-order valence-corrected chi connectivity index (χ0v) is 12.5. The van der Waals surface area contributed by atoms with Crippen molar-refractivity contribution in [3.8, 4) is 0 Å². The molecular formula is C16H21NO4. The predicted octanol–water partition coefficient (Wildman–Crippen LogP) is 2.53. The summed E-state index contributed by atoms with van der Waals surface area (Å²) < 4.78 is 10.2. The van der Waals surface area contributed by atoms with Crippen LogP contribution in [0.15, 0.2) is 16.7 Å². The minimum absolute atomic E-state index is 0.139. The first kappa shape index (κ1) is 14.2. The predicted molar refractivity (Wildman–Crippen MR) is 75.8 cm³/mol. The number of esters is 1. The Morgan fingerprint density at radius 3 is 2.76 bits per heavy atom. The van der Waals surface area contributed by atoms with E-state index in [4.69, 9.17) is 9.15 Å². The van der Waals surface area contributed by atoms with Gasteiger partial charge in [0.05, 0.1) is 13.4 Å². The highest BCUT2D eigenvalue weighted by molar-refractivity contribution is 5.96. The van der Waals surface area contributed by atoms with Crippen LogP contribution in [-0.4, -0.2) is 36.0 Å². The quantitative estimate of drug-likeness (QED) is 0.786. The fraction of sp³-hybridized carbons (Fsp3) is 0.625. The molecule has 0 spiro atoms. The highest BCUT2D eigenvalue weighted by Gasteiger charge is 2.48. The smallest absolute Gasteiger partial charge is 0.328 e. The molecule has 1 amide bonds. The second-order valence-corrected chi connectivity index (χ2v) is 6.03. The van der Waals surface area contributed by atoms with Gasteiger partial charge in [-0.2, -0.15) is 0 Å². The van der Waals surface area contributed by atoms with Crippen molar-refractivity contribution in [2.75, 3.05) is 7.11 Å². The average Bonchev–Trinajstić information content (AvgIpc) is 3.09. The Morgan fingerprint density at radius 2 is 2.10 bits per heavy atom. The van der Waals surface area contributed by atoms with Crippen LogP contribution in [0.1, 0.15) is 48.2 Å². The van der Waals surface area contributed by atoms with E-state index >= 15 is 0 Å². The van der Waals surface area contributed by atoms with Crippen molar-refractivity contribution in [1.29, 1.82) is 0 Å². The highest BCUT2D eigenvalue weighted by atomic mass is 16.5. The molecular weight excluding hydrogens is 270 g/mol. The molecule has 2 aliphatic rings. The van der Waals surface area contributed by atoms with Gasteiger partial charge in [-0.05, 0) is 38.2 Å². The number of carbonyl (C=O) groups excluding carboxylic acids is 2. The van der Waals surface area contributed by atoms with Crippen LogP contribution in [0.3, 0.4) is 0 Å². The second-order valence-electron chi connectivity index (χ2n) is 6.03. The topological polar surface area (TPSA) is 59.8 Å². The molecule has 2 heterocycles. The average molecular weight is 291 g/mol. The minimum atomic E-state index is -0.472. The van der Waals surface area contributed by atoms with Gasteiger partial charge in [0.25, 0.3) is 5.91 Å². The number of ether oxygens (including phenoxy) is 1. The molecule has 5 heteroatoms. The largest absolute Gasteiger partial charge is 0.467 e. The van der Waals surface area contributed by atoms with E-state index in [1.165, 1.54) is 19.8 Å². The van der Waals surface area contributed by atoms with Gasteiger partial charge < -0.3 is 14.1 Å². The molecule has 0 radical (unpaired) electrons. The Morgan fingerprint density at radius 1 is 1.33 bits per heavy atom. The maximum Gasteiger partial charge on any atom is 0.328 e. The van der Waals surface area contributed by atoms with Gasteiger partial charge in [0.2, 0.25) is 0 Å². The maximum atomic E-state index is 12.8. The number of methoxy groups -OCH3 is 1. The van der Waals surface area contributed by atoms with Crippen LogP contribution in [0, 0.1) is 12.8 Å². The summed E-state index contributed by atoms with van der Waals surface area (Å²) in [6.07, 6.45) is 6.56. The number of carbonyl (C=O) groups is 2. The van der Waals surface area contributed by atoms with E-state index in [9.17, 15) is 9.59 Å². The molecule has 21 heavy (non-hydrogen) atoms. The van der Waals surface area contributed by atoms with E-state index < -0.39 is 6.04 Å². The fourth-order valence-corrected chi connectivity index (χ4v) is 3.81. The highest BCUT2D eigenvalue weighted by Crippen LogP contribution is 2.41. The molecule has 2 fully saturated rings. The Kier molecular flexibility index (Phi) is 3.74. The first-order valence-electron chi connectivity index (χ1n) is 7.58. The lowest BCUT2D eigenvalue weighted by Gasteiger charge is -2.32. The van der Waals surface area contributed by atoms with Crippen LogP contribution < -0.4 is 0 Å². The number of likely N-dealkylation sites (tertiary alicyclic amines) is 1. The third-order valence-electron chi connectivity index (χ3n) is 4.85. The first-order chi connectivity index (χ1) is 10.1. The summed E-state index contributed by atoms with van der Waals surface area (Å²) >= 11 is 0. The van der Waals surface area contributed by atoms with Gasteiger partial charge in [-0.15, -0.1) is 0 Å². The van der Waals surface area contributed by atoms with Crippen LogP contribution in [0.5, 0.6) is 0 Å². The van der Waals surface area contributed by atoms with Crippen molar-refractivity contribution in [2.45, 2.75) is 51.1 Å². The molecule has 5 nitrogen and oxygen atoms in total. The van der Waals surface area contributed by atoms with Gasteiger partial charge in [-0.1, -0.05) is 12.8 Å². The standard InChI is InChI=1S/C16H21NO4/c1-10-7-8-21-14(10)15(18)17-12-6-4-3-5-11(12)9-13(17)16(19)20-2/h7-8,11-13H,3-6,9H2,1-2H3. The normalized spacial score (nSPS) is 28.3. The Hall–Kier alpha value is -1.78. The molecule has 3 atom stereocenters.